The largest absolute Gasteiger partial charge is 0.369 e. The van der Waals surface area contributed by atoms with E-state index in [4.69, 9.17) is 11.6 Å². The number of benzene rings is 2. The van der Waals surface area contributed by atoms with Crippen LogP contribution in [-0.2, 0) is 0 Å². The van der Waals surface area contributed by atoms with Gasteiger partial charge >= 0.3 is 0 Å². The number of nitrogens with one attached hydrogen (secondary N) is 1. The number of pyridine rings is 1. The smallest absolute Gasteiger partial charge is 0.132 e. The molecule has 2 aliphatic rings. The first-order chi connectivity index (χ1) is 19.0. The fourth-order valence-corrected chi connectivity index (χ4v) is 5.83. The van der Waals surface area contributed by atoms with E-state index in [1.165, 1.54) is 50.3 Å². The minimum Gasteiger partial charge on any atom is -0.369 e. The van der Waals surface area contributed by atoms with Crippen molar-refractivity contribution >= 4 is 39.6 Å². The van der Waals surface area contributed by atoms with Crippen LogP contribution < -0.4 is 10.2 Å². The number of anilines is 3. The molecule has 4 aromatic rings. The number of nitrogens with zero attached hydrogens (tertiary/aromatic N) is 6. The maximum absolute atomic E-state index is 14.4. The normalized spacial score (nSPS) is 17.6. The fraction of sp³-hybridized carbons (Fsp3) is 0.367. The van der Waals surface area contributed by atoms with Crippen LogP contribution >= 0.6 is 11.6 Å². The highest BCUT2D eigenvalue weighted by molar-refractivity contribution is 6.30. The number of piperidine rings is 1. The SMILES string of the molecule is CN1CCC(CN2CCN(c3ccc4c(Nc5cnnc(-c6cc(Cl)ccc6F)c5)ccnc4c3)CC2)CC1. The molecule has 0 spiro atoms. The van der Waals surface area contributed by atoms with Crippen LogP contribution in [0.25, 0.3) is 22.2 Å². The Hall–Kier alpha value is -3.33. The molecule has 202 valence electrons. The molecule has 39 heavy (non-hydrogen) atoms. The van der Waals surface area contributed by atoms with Gasteiger partial charge in [0.2, 0.25) is 0 Å². The van der Waals surface area contributed by atoms with Gasteiger partial charge in [-0.05, 0) is 87.4 Å². The third kappa shape index (κ3) is 5.98. The van der Waals surface area contributed by atoms with Gasteiger partial charge < -0.3 is 15.1 Å². The Morgan fingerprint density at radius 2 is 1.79 bits per heavy atom. The van der Waals surface area contributed by atoms with Gasteiger partial charge in [0.25, 0.3) is 0 Å². The Kier molecular flexibility index (Phi) is 7.59. The van der Waals surface area contributed by atoms with Crippen molar-refractivity contribution in [3.05, 3.63) is 71.8 Å². The third-order valence-corrected chi connectivity index (χ3v) is 8.19. The summed E-state index contributed by atoms with van der Waals surface area (Å²) in [5.74, 6) is 0.440. The summed E-state index contributed by atoms with van der Waals surface area (Å²) in [6.45, 7) is 7.94. The molecular formula is C30H33ClFN7. The van der Waals surface area contributed by atoms with Crippen LogP contribution in [0.15, 0.2) is 60.9 Å². The standard InChI is InChI=1S/C30H33ClFN7/c1-37-10-7-21(8-11-37)20-38-12-14-39(15-13-38)24-3-4-25-28(6-9-33-29(25)18-24)35-23-17-30(36-34-19-23)26-16-22(31)2-5-27(26)32/h2-6,9,16-19,21H,7-8,10-15,20H2,1H3,(H,33,35,36). The van der Waals surface area contributed by atoms with Gasteiger partial charge in [0, 0.05) is 66.3 Å². The van der Waals surface area contributed by atoms with Crippen LogP contribution in [0.5, 0.6) is 0 Å². The number of piperazine rings is 1. The minimum atomic E-state index is -0.393. The molecule has 0 unspecified atom stereocenters. The molecule has 1 N–H and O–H groups in total. The molecule has 0 amide bonds. The average Bonchev–Trinajstić information content (AvgIpc) is 2.96. The number of hydrogen-bond acceptors (Lipinski definition) is 7. The molecule has 2 saturated heterocycles. The maximum atomic E-state index is 14.4. The summed E-state index contributed by atoms with van der Waals surface area (Å²) in [5.41, 5.74) is 4.46. The molecule has 0 radical (unpaired) electrons. The summed E-state index contributed by atoms with van der Waals surface area (Å²) in [7, 11) is 2.23. The molecule has 2 aromatic carbocycles. The molecule has 2 fully saturated rings. The monoisotopic (exact) mass is 545 g/mol. The van der Waals surface area contributed by atoms with E-state index in [-0.39, 0.29) is 0 Å². The molecule has 2 aliphatic heterocycles. The van der Waals surface area contributed by atoms with Crippen molar-refractivity contribution in [1.29, 1.82) is 0 Å². The highest BCUT2D eigenvalue weighted by atomic mass is 35.5. The first-order valence-electron chi connectivity index (χ1n) is 13.6. The number of aromatic nitrogens is 3. The Morgan fingerprint density at radius 3 is 2.62 bits per heavy atom. The molecular weight excluding hydrogens is 513 g/mol. The average molecular weight is 546 g/mol. The predicted molar refractivity (Wildman–Crippen MR) is 156 cm³/mol. The van der Waals surface area contributed by atoms with Gasteiger partial charge in [-0.2, -0.15) is 10.2 Å². The van der Waals surface area contributed by atoms with Gasteiger partial charge in [0.05, 0.1) is 23.1 Å². The summed E-state index contributed by atoms with van der Waals surface area (Å²) in [4.78, 5) is 12.2. The van der Waals surface area contributed by atoms with Crippen molar-refractivity contribution in [3.63, 3.8) is 0 Å². The van der Waals surface area contributed by atoms with Gasteiger partial charge in [-0.15, -0.1) is 0 Å². The van der Waals surface area contributed by atoms with Gasteiger partial charge in [-0.1, -0.05) is 11.6 Å². The number of fused-ring (bicyclic) bond motifs is 1. The molecule has 7 nitrogen and oxygen atoms in total. The summed E-state index contributed by atoms with van der Waals surface area (Å²) >= 11 is 6.08. The highest BCUT2D eigenvalue weighted by Crippen LogP contribution is 2.31. The van der Waals surface area contributed by atoms with Crippen molar-refractivity contribution in [1.82, 2.24) is 25.0 Å². The second-order valence-electron chi connectivity index (χ2n) is 10.7. The number of hydrogen-bond donors (Lipinski definition) is 1. The van der Waals surface area contributed by atoms with Crippen molar-refractivity contribution in [2.24, 2.45) is 5.92 Å². The van der Waals surface area contributed by atoms with Crippen LogP contribution in [0.3, 0.4) is 0 Å². The molecule has 2 aromatic heterocycles. The van der Waals surface area contributed by atoms with Gasteiger partial charge in [-0.3, -0.25) is 9.88 Å². The van der Waals surface area contributed by atoms with Crippen LogP contribution in [0, 0.1) is 11.7 Å². The summed E-state index contributed by atoms with van der Waals surface area (Å²) in [6, 6.07) is 14.6. The summed E-state index contributed by atoms with van der Waals surface area (Å²) < 4.78 is 14.4. The highest BCUT2D eigenvalue weighted by Gasteiger charge is 2.23. The van der Waals surface area contributed by atoms with E-state index in [1.807, 2.05) is 6.07 Å². The number of likely N-dealkylation sites (tertiary alicyclic amines) is 1. The van der Waals surface area contributed by atoms with Crippen molar-refractivity contribution in [2.45, 2.75) is 12.8 Å². The maximum Gasteiger partial charge on any atom is 0.132 e. The zero-order valence-electron chi connectivity index (χ0n) is 22.2. The fourth-order valence-electron chi connectivity index (χ4n) is 5.66. The Labute approximate surface area is 233 Å². The van der Waals surface area contributed by atoms with Crippen molar-refractivity contribution < 1.29 is 4.39 Å². The Bertz CT molecular complexity index is 1450. The quantitative estimate of drug-likeness (QED) is 0.334. The molecule has 0 atom stereocenters. The zero-order valence-corrected chi connectivity index (χ0v) is 22.9. The lowest BCUT2D eigenvalue weighted by atomic mass is 9.96. The Morgan fingerprint density at radius 1 is 0.974 bits per heavy atom. The second-order valence-corrected chi connectivity index (χ2v) is 11.1. The predicted octanol–water partition coefficient (Wildman–Crippen LogP) is 5.69. The zero-order chi connectivity index (χ0) is 26.8. The second kappa shape index (κ2) is 11.4. The van der Waals surface area contributed by atoms with Gasteiger partial charge in [0.15, 0.2) is 0 Å². The van der Waals surface area contributed by atoms with E-state index in [1.54, 1.807) is 24.5 Å². The first-order valence-corrected chi connectivity index (χ1v) is 14.0. The van der Waals surface area contributed by atoms with Crippen molar-refractivity contribution in [2.75, 3.05) is 63.1 Å². The van der Waals surface area contributed by atoms with Gasteiger partial charge in [-0.25, -0.2) is 4.39 Å². The molecule has 9 heteroatoms. The van der Waals surface area contributed by atoms with Crippen LogP contribution in [0.4, 0.5) is 21.5 Å². The van der Waals surface area contributed by atoms with E-state index in [9.17, 15) is 4.39 Å². The summed E-state index contributed by atoms with van der Waals surface area (Å²) in [5, 5.41) is 13.1. The third-order valence-electron chi connectivity index (χ3n) is 7.96. The lowest BCUT2D eigenvalue weighted by Gasteiger charge is -2.39. The molecule has 0 saturated carbocycles. The lowest BCUT2D eigenvalue weighted by Crippen LogP contribution is -2.48. The number of halogens is 2. The number of rotatable bonds is 6. The molecule has 0 aliphatic carbocycles. The molecule has 4 heterocycles. The van der Waals surface area contributed by atoms with Gasteiger partial charge in [0.1, 0.15) is 5.82 Å². The van der Waals surface area contributed by atoms with E-state index < -0.39 is 5.82 Å². The lowest BCUT2D eigenvalue weighted by molar-refractivity contribution is 0.155. The minimum absolute atomic E-state index is 0.314. The summed E-state index contributed by atoms with van der Waals surface area (Å²) in [6.07, 6.45) is 6.06. The van der Waals surface area contributed by atoms with E-state index >= 15 is 0 Å². The van der Waals surface area contributed by atoms with E-state index in [0.29, 0.717) is 22.0 Å². The van der Waals surface area contributed by atoms with E-state index in [0.717, 1.165) is 48.7 Å². The topological polar surface area (TPSA) is 60.4 Å². The molecule has 6 rings (SSSR count). The first kappa shape index (κ1) is 25.9. The van der Waals surface area contributed by atoms with E-state index in [2.05, 4.69) is 60.4 Å². The van der Waals surface area contributed by atoms with Crippen LogP contribution in [0.1, 0.15) is 12.8 Å². The van der Waals surface area contributed by atoms with Crippen LogP contribution in [0.2, 0.25) is 5.02 Å². The Balaban J connectivity index is 1.14. The molecule has 0 bridgehead atoms. The van der Waals surface area contributed by atoms with Crippen LogP contribution in [-0.4, -0.2) is 77.8 Å². The van der Waals surface area contributed by atoms with Crippen molar-refractivity contribution in [3.8, 4) is 11.3 Å².